The summed E-state index contributed by atoms with van der Waals surface area (Å²) in [7, 11) is -3.27. The Bertz CT molecular complexity index is 391. The van der Waals surface area contributed by atoms with Crippen LogP contribution in [0.4, 0.5) is 0 Å². The molecule has 72 valence electrons. The average molecular weight is 221 g/mol. The van der Waals surface area contributed by atoms with Gasteiger partial charge in [-0.3, -0.25) is 0 Å². The Balaban J connectivity index is 3.08. The summed E-state index contributed by atoms with van der Waals surface area (Å²) in [6.07, 6.45) is 1.70. The molecule has 13 heavy (non-hydrogen) atoms. The van der Waals surface area contributed by atoms with E-state index in [0.29, 0.717) is 6.42 Å². The third-order valence-corrected chi connectivity index (χ3v) is 3.41. The number of aromatic nitrogens is 2. The first-order valence-electron chi connectivity index (χ1n) is 3.76. The molecular formula is C7H9ClN2O2S. The maximum atomic E-state index is 11.4. The molecule has 0 amide bonds. The monoisotopic (exact) mass is 220 g/mol. The van der Waals surface area contributed by atoms with Gasteiger partial charge in [0.2, 0.25) is 0 Å². The standard InChI is InChI=1S/C7H9ClN2O2S/c1-2-3-13(11,12)7-4-6(8)9-5-10-7/h4-5H,2-3H2,1H3. The molecule has 0 spiro atoms. The largest absolute Gasteiger partial charge is 0.225 e. The van der Waals surface area contributed by atoms with Crippen LogP contribution >= 0.6 is 11.6 Å². The number of halogens is 1. The van der Waals surface area contributed by atoms with Gasteiger partial charge in [-0.15, -0.1) is 0 Å². The van der Waals surface area contributed by atoms with Crippen molar-refractivity contribution < 1.29 is 8.42 Å². The number of hydrogen-bond donors (Lipinski definition) is 0. The van der Waals surface area contributed by atoms with Gasteiger partial charge in [0.05, 0.1) is 5.75 Å². The Morgan fingerprint density at radius 1 is 1.46 bits per heavy atom. The Hall–Kier alpha value is -0.680. The Morgan fingerprint density at radius 3 is 2.69 bits per heavy atom. The summed E-state index contributed by atoms with van der Waals surface area (Å²) in [5.41, 5.74) is 0. The summed E-state index contributed by atoms with van der Waals surface area (Å²) in [4.78, 5) is 7.25. The van der Waals surface area contributed by atoms with Gasteiger partial charge in [-0.05, 0) is 6.42 Å². The topological polar surface area (TPSA) is 59.9 Å². The first kappa shape index (κ1) is 10.4. The molecule has 0 unspecified atom stereocenters. The van der Waals surface area contributed by atoms with E-state index in [-0.39, 0.29) is 15.9 Å². The zero-order chi connectivity index (χ0) is 9.90. The second-order valence-electron chi connectivity index (χ2n) is 2.50. The molecule has 1 heterocycles. The molecule has 1 rings (SSSR count). The minimum absolute atomic E-state index is 0.00523. The molecule has 0 aliphatic carbocycles. The van der Waals surface area contributed by atoms with E-state index in [1.54, 1.807) is 6.92 Å². The van der Waals surface area contributed by atoms with Gasteiger partial charge in [0.25, 0.3) is 0 Å². The first-order valence-corrected chi connectivity index (χ1v) is 5.79. The average Bonchev–Trinajstić information content (AvgIpc) is 2.04. The van der Waals surface area contributed by atoms with Crippen LogP contribution in [0, 0.1) is 0 Å². The minimum Gasteiger partial charge on any atom is -0.225 e. The summed E-state index contributed by atoms with van der Waals surface area (Å²) < 4.78 is 22.9. The summed E-state index contributed by atoms with van der Waals surface area (Å²) in [6, 6.07) is 1.26. The fraction of sp³-hybridized carbons (Fsp3) is 0.429. The molecule has 0 N–H and O–H groups in total. The maximum Gasteiger partial charge on any atom is 0.195 e. The molecule has 0 radical (unpaired) electrons. The van der Waals surface area contributed by atoms with Crippen molar-refractivity contribution >= 4 is 21.4 Å². The molecule has 4 nitrogen and oxygen atoms in total. The Kier molecular flexibility index (Phi) is 3.22. The number of hydrogen-bond acceptors (Lipinski definition) is 4. The summed E-state index contributed by atoms with van der Waals surface area (Å²) >= 11 is 5.54. The summed E-state index contributed by atoms with van der Waals surface area (Å²) in [5.74, 6) is 0.0837. The predicted octanol–water partition coefficient (Wildman–Crippen LogP) is 1.31. The molecule has 0 saturated carbocycles. The number of rotatable bonds is 3. The molecule has 0 bridgehead atoms. The first-order chi connectivity index (χ1) is 6.06. The quantitative estimate of drug-likeness (QED) is 0.721. The zero-order valence-corrected chi connectivity index (χ0v) is 8.64. The predicted molar refractivity (Wildman–Crippen MR) is 49.4 cm³/mol. The van der Waals surface area contributed by atoms with Crippen LogP contribution in [0.2, 0.25) is 5.15 Å². The van der Waals surface area contributed by atoms with Crippen LogP contribution in [-0.4, -0.2) is 24.1 Å². The van der Waals surface area contributed by atoms with Crippen molar-refractivity contribution in [3.63, 3.8) is 0 Å². The highest BCUT2D eigenvalue weighted by Crippen LogP contribution is 2.11. The van der Waals surface area contributed by atoms with Gasteiger partial charge in [0, 0.05) is 6.07 Å². The number of sulfone groups is 1. The van der Waals surface area contributed by atoms with E-state index in [2.05, 4.69) is 9.97 Å². The van der Waals surface area contributed by atoms with Gasteiger partial charge in [-0.2, -0.15) is 0 Å². The van der Waals surface area contributed by atoms with E-state index in [4.69, 9.17) is 11.6 Å². The molecular weight excluding hydrogens is 212 g/mol. The second kappa shape index (κ2) is 4.02. The molecule has 0 aliphatic heterocycles. The van der Waals surface area contributed by atoms with Crippen molar-refractivity contribution in [3.05, 3.63) is 17.5 Å². The van der Waals surface area contributed by atoms with Crippen LogP contribution in [0.1, 0.15) is 13.3 Å². The van der Waals surface area contributed by atoms with Gasteiger partial charge in [0.1, 0.15) is 11.5 Å². The van der Waals surface area contributed by atoms with Crippen LogP contribution in [0.15, 0.2) is 17.4 Å². The lowest BCUT2D eigenvalue weighted by atomic mass is 10.6. The van der Waals surface area contributed by atoms with Crippen LogP contribution in [0.25, 0.3) is 0 Å². The minimum atomic E-state index is -3.27. The lowest BCUT2D eigenvalue weighted by molar-refractivity contribution is 0.590. The highest BCUT2D eigenvalue weighted by Gasteiger charge is 2.14. The smallest absolute Gasteiger partial charge is 0.195 e. The van der Waals surface area contributed by atoms with E-state index in [1.807, 2.05) is 0 Å². The van der Waals surface area contributed by atoms with Crippen molar-refractivity contribution in [2.75, 3.05) is 5.75 Å². The van der Waals surface area contributed by atoms with Crippen molar-refractivity contribution in [2.45, 2.75) is 18.4 Å². The summed E-state index contributed by atoms with van der Waals surface area (Å²) in [6.45, 7) is 1.79. The van der Waals surface area contributed by atoms with Gasteiger partial charge < -0.3 is 0 Å². The van der Waals surface area contributed by atoms with Gasteiger partial charge in [-0.1, -0.05) is 18.5 Å². The third-order valence-electron chi connectivity index (χ3n) is 1.40. The lowest BCUT2D eigenvalue weighted by Crippen LogP contribution is -2.08. The van der Waals surface area contributed by atoms with Crippen molar-refractivity contribution in [2.24, 2.45) is 0 Å². The van der Waals surface area contributed by atoms with Crippen LogP contribution in [0.5, 0.6) is 0 Å². The van der Waals surface area contributed by atoms with E-state index >= 15 is 0 Å². The van der Waals surface area contributed by atoms with E-state index < -0.39 is 9.84 Å². The molecule has 0 saturated heterocycles. The molecule has 0 atom stereocenters. The van der Waals surface area contributed by atoms with Crippen molar-refractivity contribution in [1.82, 2.24) is 9.97 Å². The van der Waals surface area contributed by atoms with Crippen LogP contribution in [-0.2, 0) is 9.84 Å². The highest BCUT2D eigenvalue weighted by atomic mass is 35.5. The second-order valence-corrected chi connectivity index (χ2v) is 4.94. The molecule has 1 aromatic heterocycles. The van der Waals surface area contributed by atoms with E-state index in [1.165, 1.54) is 6.07 Å². The molecule has 6 heteroatoms. The zero-order valence-electron chi connectivity index (χ0n) is 7.07. The van der Waals surface area contributed by atoms with E-state index in [0.717, 1.165) is 6.33 Å². The fourth-order valence-corrected chi connectivity index (χ4v) is 2.32. The molecule has 0 fully saturated rings. The van der Waals surface area contributed by atoms with Crippen molar-refractivity contribution in [1.29, 1.82) is 0 Å². The lowest BCUT2D eigenvalue weighted by Gasteiger charge is -2.00. The van der Waals surface area contributed by atoms with Crippen molar-refractivity contribution in [3.8, 4) is 0 Å². The Morgan fingerprint density at radius 2 is 2.15 bits per heavy atom. The maximum absolute atomic E-state index is 11.4. The van der Waals surface area contributed by atoms with Gasteiger partial charge >= 0.3 is 0 Å². The summed E-state index contributed by atoms with van der Waals surface area (Å²) in [5, 5.41) is 0.138. The van der Waals surface area contributed by atoms with Gasteiger partial charge in [0.15, 0.2) is 14.9 Å². The van der Waals surface area contributed by atoms with Crippen LogP contribution in [0.3, 0.4) is 0 Å². The normalized spacial score (nSPS) is 11.5. The Labute approximate surface area is 81.9 Å². The number of nitrogens with zero attached hydrogens (tertiary/aromatic N) is 2. The SMILES string of the molecule is CCCS(=O)(=O)c1cc(Cl)ncn1. The van der Waals surface area contributed by atoms with E-state index in [9.17, 15) is 8.42 Å². The van der Waals surface area contributed by atoms with Gasteiger partial charge in [-0.25, -0.2) is 18.4 Å². The van der Waals surface area contributed by atoms with Crippen LogP contribution < -0.4 is 0 Å². The molecule has 0 aromatic carbocycles. The molecule has 1 aromatic rings. The third kappa shape index (κ3) is 2.63. The molecule has 0 aliphatic rings. The highest BCUT2D eigenvalue weighted by molar-refractivity contribution is 7.91. The fourth-order valence-electron chi connectivity index (χ4n) is 0.861.